The summed E-state index contributed by atoms with van der Waals surface area (Å²) >= 11 is 1.64. The van der Waals surface area contributed by atoms with Crippen molar-refractivity contribution < 1.29 is 18.9 Å². The van der Waals surface area contributed by atoms with Crippen LogP contribution in [-0.2, 0) is 38.8 Å². The average molecular weight is 539 g/mol. The van der Waals surface area contributed by atoms with E-state index < -0.39 is 18.3 Å². The summed E-state index contributed by atoms with van der Waals surface area (Å²) in [6.07, 6.45) is 0.263. The van der Waals surface area contributed by atoms with Crippen LogP contribution >= 0.6 is 11.8 Å². The second kappa shape index (κ2) is 14.3. The van der Waals surface area contributed by atoms with Gasteiger partial charge in [0.1, 0.15) is 29.9 Å². The van der Waals surface area contributed by atoms with Gasteiger partial charge < -0.3 is 18.9 Å². The van der Waals surface area contributed by atoms with Crippen LogP contribution in [0.25, 0.3) is 0 Å². The molecule has 0 radical (unpaired) electrons. The van der Waals surface area contributed by atoms with Gasteiger partial charge in [-0.05, 0) is 28.8 Å². The summed E-state index contributed by atoms with van der Waals surface area (Å²) in [6, 6.07) is 40.8. The second-order valence-corrected chi connectivity index (χ2v) is 10.6. The molecule has 4 aromatic rings. The van der Waals surface area contributed by atoms with Gasteiger partial charge in [-0.25, -0.2) is 0 Å². The molecule has 4 aromatic carbocycles. The molecule has 0 saturated carbocycles. The molecule has 1 heterocycles. The van der Waals surface area contributed by atoms with Crippen molar-refractivity contribution in [2.75, 3.05) is 0 Å². The predicted molar refractivity (Wildman–Crippen MR) is 156 cm³/mol. The molecule has 0 N–H and O–H groups in total. The van der Waals surface area contributed by atoms with Gasteiger partial charge in [0.25, 0.3) is 0 Å². The average Bonchev–Trinajstić information content (AvgIpc) is 3.00. The Morgan fingerprint density at radius 3 is 1.44 bits per heavy atom. The molecule has 1 aliphatic heterocycles. The quantitative estimate of drug-likeness (QED) is 0.175. The molecule has 1 saturated heterocycles. The molecule has 4 nitrogen and oxygen atoms in total. The Kier molecular flexibility index (Phi) is 10.0. The van der Waals surface area contributed by atoms with Gasteiger partial charge in [0.15, 0.2) is 0 Å². The fourth-order valence-electron chi connectivity index (χ4n) is 4.61. The van der Waals surface area contributed by atoms with E-state index in [0.29, 0.717) is 19.8 Å². The zero-order valence-electron chi connectivity index (χ0n) is 21.9. The minimum Gasteiger partial charge on any atom is -0.368 e. The Labute approximate surface area is 235 Å². The third-order valence-electron chi connectivity index (χ3n) is 6.61. The molecule has 0 aliphatic carbocycles. The Morgan fingerprint density at radius 1 is 0.564 bits per heavy atom. The lowest BCUT2D eigenvalue weighted by molar-refractivity contribution is -0.236. The Balaban J connectivity index is 1.44. The normalized spacial score (nSPS) is 22.8. The number of hydrogen-bond acceptors (Lipinski definition) is 5. The standard InChI is InChI=1S/C34H34O4S/c1-2-30-31(35-23-26-15-7-3-8-16-26)32(36-24-27-17-9-4-10-18-27)33(37-25-28-19-11-5-12-20-28)34(38-30)39-29-21-13-6-14-22-29/h2-22,30-34H,1,23-25H2/t30-,31-,32+,33+,34-/m1/s1. The molecule has 1 aliphatic rings. The summed E-state index contributed by atoms with van der Waals surface area (Å²) in [5.41, 5.74) is 2.95. The first-order chi connectivity index (χ1) is 19.3. The van der Waals surface area contributed by atoms with E-state index in [1.165, 1.54) is 0 Å². The minimum atomic E-state index is -0.403. The van der Waals surface area contributed by atoms with E-state index in [0.717, 1.165) is 21.6 Å². The molecule has 200 valence electrons. The highest BCUT2D eigenvalue weighted by Crippen LogP contribution is 2.38. The van der Waals surface area contributed by atoms with Gasteiger partial charge in [-0.2, -0.15) is 0 Å². The second-order valence-electron chi connectivity index (χ2n) is 9.42. The fraction of sp³-hybridized carbons (Fsp3) is 0.235. The van der Waals surface area contributed by atoms with Crippen LogP contribution in [0.5, 0.6) is 0 Å². The summed E-state index contributed by atoms with van der Waals surface area (Å²) in [7, 11) is 0. The van der Waals surface area contributed by atoms with Gasteiger partial charge in [0, 0.05) is 4.90 Å². The van der Waals surface area contributed by atoms with Crippen molar-refractivity contribution in [1.29, 1.82) is 0 Å². The summed E-state index contributed by atoms with van der Waals surface area (Å²) in [6.45, 7) is 5.41. The van der Waals surface area contributed by atoms with E-state index in [-0.39, 0.29) is 11.5 Å². The van der Waals surface area contributed by atoms with Gasteiger partial charge in [-0.15, -0.1) is 6.58 Å². The van der Waals surface area contributed by atoms with Crippen LogP contribution in [0, 0.1) is 0 Å². The van der Waals surface area contributed by atoms with Crippen LogP contribution in [0.2, 0.25) is 0 Å². The molecule has 0 unspecified atom stereocenters. The number of rotatable bonds is 12. The maximum atomic E-state index is 6.68. The van der Waals surface area contributed by atoms with E-state index in [1.54, 1.807) is 11.8 Å². The van der Waals surface area contributed by atoms with Gasteiger partial charge in [0.05, 0.1) is 19.8 Å². The van der Waals surface area contributed by atoms with Crippen molar-refractivity contribution >= 4 is 11.8 Å². The first-order valence-electron chi connectivity index (χ1n) is 13.3. The summed E-state index contributed by atoms with van der Waals surface area (Å²) in [5, 5.41) is 0. The number of hydrogen-bond donors (Lipinski definition) is 0. The molecule has 0 aromatic heterocycles. The van der Waals surface area contributed by atoms with E-state index >= 15 is 0 Å². The first-order valence-corrected chi connectivity index (χ1v) is 14.1. The molecular weight excluding hydrogens is 504 g/mol. The predicted octanol–water partition coefficient (Wildman–Crippen LogP) is 7.45. The van der Waals surface area contributed by atoms with Crippen molar-refractivity contribution in [1.82, 2.24) is 0 Å². The van der Waals surface area contributed by atoms with E-state index in [4.69, 9.17) is 18.9 Å². The maximum Gasteiger partial charge on any atom is 0.137 e. The zero-order valence-corrected chi connectivity index (χ0v) is 22.7. The summed E-state index contributed by atoms with van der Waals surface area (Å²) < 4.78 is 26.5. The molecular formula is C34H34O4S. The van der Waals surface area contributed by atoms with Crippen molar-refractivity contribution in [3.05, 3.63) is 151 Å². The zero-order chi connectivity index (χ0) is 26.7. The first kappa shape index (κ1) is 27.4. The van der Waals surface area contributed by atoms with Crippen molar-refractivity contribution in [3.8, 4) is 0 Å². The third-order valence-corrected chi connectivity index (χ3v) is 7.77. The third kappa shape index (κ3) is 7.69. The number of thioether (sulfide) groups is 1. The summed E-state index contributed by atoms with van der Waals surface area (Å²) in [5.74, 6) is 0. The van der Waals surface area contributed by atoms with Crippen LogP contribution in [0.1, 0.15) is 16.7 Å². The van der Waals surface area contributed by atoms with Crippen LogP contribution in [-0.4, -0.2) is 29.9 Å². The van der Waals surface area contributed by atoms with Crippen LogP contribution in [0.3, 0.4) is 0 Å². The number of ether oxygens (including phenoxy) is 4. The van der Waals surface area contributed by atoms with Crippen molar-refractivity contribution in [2.45, 2.75) is 54.6 Å². The van der Waals surface area contributed by atoms with Gasteiger partial charge in [0.2, 0.25) is 0 Å². The minimum absolute atomic E-state index is 0.323. The highest BCUT2D eigenvalue weighted by Gasteiger charge is 2.47. The summed E-state index contributed by atoms with van der Waals surface area (Å²) in [4.78, 5) is 1.10. The molecule has 5 atom stereocenters. The smallest absolute Gasteiger partial charge is 0.137 e. The van der Waals surface area contributed by atoms with Gasteiger partial charge >= 0.3 is 0 Å². The number of benzene rings is 4. The van der Waals surface area contributed by atoms with E-state index in [9.17, 15) is 0 Å². The Bertz CT molecular complexity index is 1250. The molecule has 0 bridgehead atoms. The molecule has 0 spiro atoms. The topological polar surface area (TPSA) is 36.9 Å². The molecule has 5 heteroatoms. The van der Waals surface area contributed by atoms with Crippen LogP contribution in [0.4, 0.5) is 0 Å². The molecule has 1 fully saturated rings. The Hall–Kier alpha value is -3.19. The van der Waals surface area contributed by atoms with Gasteiger partial charge in [-0.3, -0.25) is 0 Å². The van der Waals surface area contributed by atoms with E-state index in [2.05, 4.69) is 55.1 Å². The monoisotopic (exact) mass is 538 g/mol. The lowest BCUT2D eigenvalue weighted by Crippen LogP contribution is -2.58. The molecule has 0 amide bonds. The van der Waals surface area contributed by atoms with Crippen molar-refractivity contribution in [2.24, 2.45) is 0 Å². The molecule has 5 rings (SSSR count). The Morgan fingerprint density at radius 2 is 0.974 bits per heavy atom. The largest absolute Gasteiger partial charge is 0.368 e. The lowest BCUT2D eigenvalue weighted by Gasteiger charge is -2.45. The van der Waals surface area contributed by atoms with Crippen molar-refractivity contribution in [3.63, 3.8) is 0 Å². The fourth-order valence-corrected chi connectivity index (χ4v) is 5.74. The highest BCUT2D eigenvalue weighted by molar-refractivity contribution is 7.99. The highest BCUT2D eigenvalue weighted by atomic mass is 32.2. The van der Waals surface area contributed by atoms with Gasteiger partial charge in [-0.1, -0.05) is 127 Å². The SMILES string of the molecule is C=C[C@H]1O[C@H](Sc2ccccc2)[C@@H](OCc2ccccc2)[C@@H](OCc2ccccc2)[C@@H]1OCc1ccccc1. The van der Waals surface area contributed by atoms with Crippen LogP contribution < -0.4 is 0 Å². The maximum absolute atomic E-state index is 6.68. The lowest BCUT2D eigenvalue weighted by atomic mass is 9.98. The van der Waals surface area contributed by atoms with E-state index in [1.807, 2.05) is 78.9 Å². The van der Waals surface area contributed by atoms with Crippen LogP contribution in [0.15, 0.2) is 139 Å². The molecule has 39 heavy (non-hydrogen) atoms.